The molecule has 0 bridgehead atoms. The summed E-state index contributed by atoms with van der Waals surface area (Å²) in [7, 11) is 0. The highest BCUT2D eigenvalue weighted by Gasteiger charge is 2.39. The van der Waals surface area contributed by atoms with Gasteiger partial charge in [-0.3, -0.25) is 9.59 Å². The smallest absolute Gasteiger partial charge is 0.268 e. The fraction of sp³-hybridized carbons (Fsp3) is 0.0476. The third-order valence-electron chi connectivity index (χ3n) is 9.25. The average Bonchev–Trinajstić information content (AvgIpc) is 3.58. The zero-order chi connectivity index (χ0) is 33.1. The molecule has 0 saturated carbocycles. The monoisotopic (exact) mass is 618 g/mol. The van der Waals surface area contributed by atoms with Crippen molar-refractivity contribution in [2.24, 2.45) is 0 Å². The lowest BCUT2D eigenvalue weighted by molar-refractivity contribution is 0.0926. The largest absolute Gasteiger partial charge is 0.308 e. The first-order valence-corrected chi connectivity index (χ1v) is 15.6. The van der Waals surface area contributed by atoms with Crippen LogP contribution in [0.3, 0.4) is 0 Å². The van der Waals surface area contributed by atoms with E-state index >= 15 is 0 Å². The summed E-state index contributed by atoms with van der Waals surface area (Å²) in [5, 5.41) is 20.8. The summed E-state index contributed by atoms with van der Waals surface area (Å²) < 4.78 is 2.08. The lowest BCUT2D eigenvalue weighted by Gasteiger charge is -2.15. The van der Waals surface area contributed by atoms with Crippen molar-refractivity contribution in [1.82, 2.24) is 4.57 Å². The van der Waals surface area contributed by atoms with Crippen molar-refractivity contribution in [3.05, 3.63) is 155 Å². The van der Waals surface area contributed by atoms with Gasteiger partial charge < -0.3 is 4.57 Å². The molecule has 0 saturated heterocycles. The number of hydrogen-bond acceptors (Lipinski definition) is 4. The number of aromatic nitrogens is 1. The van der Waals surface area contributed by atoms with E-state index in [1.807, 2.05) is 80.6 Å². The van der Waals surface area contributed by atoms with Crippen LogP contribution in [0.25, 0.3) is 49.7 Å². The Morgan fingerprint density at radius 2 is 1.10 bits per heavy atom. The number of fused-ring (bicyclic) bond motifs is 4. The van der Waals surface area contributed by atoms with E-state index in [1.165, 1.54) is 4.90 Å². The Morgan fingerprint density at radius 1 is 0.542 bits per heavy atom. The van der Waals surface area contributed by atoms with Crippen molar-refractivity contribution in [3.8, 4) is 40.1 Å². The number of aryl methyl sites for hydroxylation is 2. The topological polar surface area (TPSA) is 89.9 Å². The summed E-state index contributed by atoms with van der Waals surface area (Å²) in [5.41, 5.74) is 10.9. The van der Waals surface area contributed by atoms with Crippen LogP contribution < -0.4 is 4.90 Å². The molecule has 1 aromatic heterocycles. The molecule has 6 aromatic carbocycles. The van der Waals surface area contributed by atoms with E-state index in [9.17, 15) is 20.1 Å². The first kappa shape index (κ1) is 28.7. The highest BCUT2D eigenvalue weighted by atomic mass is 16.2. The molecule has 0 fully saturated rings. The van der Waals surface area contributed by atoms with Gasteiger partial charge in [-0.1, -0.05) is 48.5 Å². The Hall–Kier alpha value is -6.76. The second-order valence-corrected chi connectivity index (χ2v) is 12.1. The minimum atomic E-state index is -0.360. The van der Waals surface area contributed by atoms with Gasteiger partial charge in [0, 0.05) is 10.8 Å². The summed E-state index contributed by atoms with van der Waals surface area (Å²) in [4.78, 5) is 29.0. The number of benzene rings is 6. The fourth-order valence-electron chi connectivity index (χ4n) is 7.00. The van der Waals surface area contributed by atoms with E-state index in [0.29, 0.717) is 33.6 Å². The number of carbonyl (C=O) groups is 2. The molecule has 1 aliphatic rings. The number of anilines is 1. The lowest BCUT2D eigenvalue weighted by atomic mass is 9.95. The second kappa shape index (κ2) is 10.9. The van der Waals surface area contributed by atoms with E-state index in [0.717, 1.165) is 55.2 Å². The third-order valence-corrected chi connectivity index (χ3v) is 9.25. The number of imide groups is 1. The molecule has 2 amide bonds. The summed E-state index contributed by atoms with van der Waals surface area (Å²) in [5.74, 6) is -0.706. The standard InChI is InChI=1S/C42H26N4O2/c1-25-19-27(23-43)11-15-32(25)29-13-17-37-35(21-29)36-22-30(33-16-12-28(24-44)20-26(33)2)14-18-38(36)46(37)39-10-6-9-34-40(39)42(48)45(41(34)47)31-7-4-3-5-8-31/h3-22H,1-2H3. The number of rotatable bonds is 4. The molecule has 6 heteroatoms. The van der Waals surface area contributed by atoms with Crippen molar-refractivity contribution in [1.29, 1.82) is 10.5 Å². The maximum Gasteiger partial charge on any atom is 0.268 e. The molecule has 8 rings (SSSR count). The summed E-state index contributed by atoms with van der Waals surface area (Å²) in [6, 6.07) is 42.8. The summed E-state index contributed by atoms with van der Waals surface area (Å²) >= 11 is 0. The average molecular weight is 619 g/mol. The predicted octanol–water partition coefficient (Wildman–Crippen LogP) is 9.28. The number of nitriles is 2. The van der Waals surface area contributed by atoms with E-state index in [2.05, 4.69) is 53.1 Å². The lowest BCUT2D eigenvalue weighted by Crippen LogP contribution is -2.29. The van der Waals surface area contributed by atoms with Crippen molar-refractivity contribution < 1.29 is 9.59 Å². The van der Waals surface area contributed by atoms with Crippen LogP contribution in [-0.2, 0) is 0 Å². The first-order chi connectivity index (χ1) is 23.4. The van der Waals surface area contributed by atoms with Gasteiger partial charge in [-0.15, -0.1) is 0 Å². The number of nitrogens with zero attached hydrogens (tertiary/aromatic N) is 4. The normalized spacial score (nSPS) is 12.4. The van der Waals surface area contributed by atoms with E-state index in [-0.39, 0.29) is 11.8 Å². The number of amides is 2. The van der Waals surface area contributed by atoms with Gasteiger partial charge >= 0.3 is 0 Å². The number of carbonyl (C=O) groups excluding carboxylic acids is 2. The molecular weight excluding hydrogens is 592 g/mol. The quantitative estimate of drug-likeness (QED) is 0.184. The molecule has 0 atom stereocenters. The van der Waals surface area contributed by atoms with E-state index < -0.39 is 0 Å². The first-order valence-electron chi connectivity index (χ1n) is 15.6. The molecule has 1 aliphatic heterocycles. The summed E-state index contributed by atoms with van der Waals surface area (Å²) in [6.07, 6.45) is 0. The van der Waals surface area contributed by atoms with Gasteiger partial charge in [0.05, 0.1) is 56.8 Å². The van der Waals surface area contributed by atoms with Gasteiger partial charge in [0.25, 0.3) is 11.8 Å². The number of para-hydroxylation sites is 1. The van der Waals surface area contributed by atoms with Gasteiger partial charge in [-0.2, -0.15) is 10.5 Å². The van der Waals surface area contributed by atoms with Crippen LogP contribution >= 0.6 is 0 Å². The van der Waals surface area contributed by atoms with Crippen LogP contribution in [0, 0.1) is 36.5 Å². The summed E-state index contributed by atoms with van der Waals surface area (Å²) in [6.45, 7) is 4.01. The molecule has 48 heavy (non-hydrogen) atoms. The molecule has 226 valence electrons. The third kappa shape index (κ3) is 4.32. The molecule has 0 spiro atoms. The molecular formula is C42H26N4O2. The van der Waals surface area contributed by atoms with Crippen LogP contribution in [0.1, 0.15) is 43.0 Å². The minimum Gasteiger partial charge on any atom is -0.308 e. The molecule has 0 N–H and O–H groups in total. The second-order valence-electron chi connectivity index (χ2n) is 12.1. The zero-order valence-electron chi connectivity index (χ0n) is 26.2. The van der Waals surface area contributed by atoms with Gasteiger partial charge in [0.15, 0.2) is 0 Å². The predicted molar refractivity (Wildman–Crippen MR) is 188 cm³/mol. The van der Waals surface area contributed by atoms with Crippen molar-refractivity contribution in [2.75, 3.05) is 4.90 Å². The van der Waals surface area contributed by atoms with Gasteiger partial charge in [0.2, 0.25) is 0 Å². The molecule has 6 nitrogen and oxygen atoms in total. The molecule has 0 aliphatic carbocycles. The highest BCUT2D eigenvalue weighted by Crippen LogP contribution is 2.41. The van der Waals surface area contributed by atoms with E-state index in [1.54, 1.807) is 18.2 Å². The maximum absolute atomic E-state index is 14.1. The fourth-order valence-corrected chi connectivity index (χ4v) is 7.00. The van der Waals surface area contributed by atoms with Crippen LogP contribution in [0.15, 0.2) is 121 Å². The molecule has 7 aromatic rings. The van der Waals surface area contributed by atoms with Crippen LogP contribution in [0.2, 0.25) is 0 Å². The Morgan fingerprint density at radius 3 is 1.62 bits per heavy atom. The minimum absolute atomic E-state index is 0.346. The Bertz CT molecular complexity index is 2480. The molecule has 2 heterocycles. The Balaban J connectivity index is 1.39. The SMILES string of the molecule is Cc1cc(C#N)ccc1-c1ccc2c(c1)c1cc(-c3ccc(C#N)cc3C)ccc1n2-c1cccc2c1C(=O)N(c1ccccc1)C2=O. The van der Waals surface area contributed by atoms with Gasteiger partial charge in [-0.25, -0.2) is 4.90 Å². The Labute approximate surface area is 276 Å². The van der Waals surface area contributed by atoms with Crippen molar-refractivity contribution in [3.63, 3.8) is 0 Å². The highest BCUT2D eigenvalue weighted by molar-refractivity contribution is 6.35. The zero-order valence-corrected chi connectivity index (χ0v) is 26.2. The maximum atomic E-state index is 14.1. The van der Waals surface area contributed by atoms with Crippen molar-refractivity contribution >= 4 is 39.3 Å². The van der Waals surface area contributed by atoms with Crippen molar-refractivity contribution in [2.45, 2.75) is 13.8 Å². The number of hydrogen-bond donors (Lipinski definition) is 0. The Kier molecular flexibility index (Phi) is 6.54. The van der Waals surface area contributed by atoms with Crippen LogP contribution in [0.4, 0.5) is 5.69 Å². The van der Waals surface area contributed by atoms with Crippen LogP contribution in [-0.4, -0.2) is 16.4 Å². The van der Waals surface area contributed by atoms with Gasteiger partial charge in [-0.05, 0) is 120 Å². The van der Waals surface area contributed by atoms with E-state index in [4.69, 9.17) is 0 Å². The van der Waals surface area contributed by atoms with Gasteiger partial charge in [0.1, 0.15) is 0 Å². The molecule has 0 radical (unpaired) electrons. The van der Waals surface area contributed by atoms with Crippen LogP contribution in [0.5, 0.6) is 0 Å². The molecule has 0 unspecified atom stereocenters.